The summed E-state index contributed by atoms with van der Waals surface area (Å²) in [4.78, 5) is 23.8. The molecule has 0 radical (unpaired) electrons. The van der Waals surface area contributed by atoms with Crippen molar-refractivity contribution in [2.45, 2.75) is 39.5 Å². The molecule has 0 aliphatic rings. The second kappa shape index (κ2) is 14.1. The Bertz CT molecular complexity index is 809. The van der Waals surface area contributed by atoms with E-state index in [4.69, 9.17) is 0 Å². The molecule has 0 bridgehead atoms. The number of benzene rings is 2. The molecule has 31 heavy (non-hydrogen) atoms. The molecule has 7 heteroatoms. The lowest BCUT2D eigenvalue weighted by atomic mass is 10.1. The first kappa shape index (κ1) is 24.3. The fourth-order valence-electron chi connectivity index (χ4n) is 2.66. The van der Waals surface area contributed by atoms with E-state index in [2.05, 4.69) is 21.1 Å². The third-order valence-electron chi connectivity index (χ3n) is 4.46. The lowest BCUT2D eigenvalue weighted by Gasteiger charge is -2.04. The van der Waals surface area contributed by atoms with Crippen LogP contribution in [0.15, 0.2) is 70.9 Å². The van der Waals surface area contributed by atoms with Crippen LogP contribution >= 0.6 is 11.8 Å². The highest BCUT2D eigenvalue weighted by Crippen LogP contribution is 2.08. The van der Waals surface area contributed by atoms with Crippen LogP contribution in [0.5, 0.6) is 0 Å². The summed E-state index contributed by atoms with van der Waals surface area (Å²) in [7, 11) is 0. The Kier molecular flexibility index (Phi) is 11.1. The SMILES string of the molecule is C/C(=N/NC(=O)CCCSCCCC(=O)N/N=C(\C)c1ccccc1)c1ccccc1. The monoisotopic (exact) mass is 438 g/mol. The smallest absolute Gasteiger partial charge is 0.240 e. The number of hydrogen-bond acceptors (Lipinski definition) is 5. The van der Waals surface area contributed by atoms with Crippen molar-refractivity contribution in [2.75, 3.05) is 11.5 Å². The van der Waals surface area contributed by atoms with Crippen molar-refractivity contribution < 1.29 is 9.59 Å². The third kappa shape index (κ3) is 10.1. The van der Waals surface area contributed by atoms with Gasteiger partial charge in [-0.3, -0.25) is 9.59 Å². The second-order valence-corrected chi connectivity index (χ2v) is 8.24. The van der Waals surface area contributed by atoms with E-state index >= 15 is 0 Å². The molecule has 2 N–H and O–H groups in total. The van der Waals surface area contributed by atoms with Gasteiger partial charge < -0.3 is 0 Å². The number of rotatable bonds is 12. The first-order chi connectivity index (χ1) is 15.1. The van der Waals surface area contributed by atoms with Gasteiger partial charge in [0.1, 0.15) is 0 Å². The summed E-state index contributed by atoms with van der Waals surface area (Å²) in [6.45, 7) is 3.74. The zero-order valence-corrected chi connectivity index (χ0v) is 19.0. The van der Waals surface area contributed by atoms with Crippen molar-refractivity contribution in [3.8, 4) is 0 Å². The molecular formula is C24H30N4O2S. The maximum Gasteiger partial charge on any atom is 0.240 e. The van der Waals surface area contributed by atoms with Gasteiger partial charge in [0.2, 0.25) is 11.8 Å². The molecule has 6 nitrogen and oxygen atoms in total. The predicted octanol–water partition coefficient (Wildman–Crippen LogP) is 4.36. The van der Waals surface area contributed by atoms with Gasteiger partial charge in [0.25, 0.3) is 0 Å². The molecule has 0 heterocycles. The molecule has 0 atom stereocenters. The summed E-state index contributed by atoms with van der Waals surface area (Å²) in [5.41, 5.74) is 8.76. The highest BCUT2D eigenvalue weighted by molar-refractivity contribution is 7.99. The molecule has 2 amide bonds. The molecule has 2 aromatic carbocycles. The minimum Gasteiger partial charge on any atom is -0.273 e. The molecule has 0 fully saturated rings. The molecule has 0 aromatic heterocycles. The summed E-state index contributed by atoms with van der Waals surface area (Å²) < 4.78 is 0. The number of nitrogens with zero attached hydrogens (tertiary/aromatic N) is 2. The van der Waals surface area contributed by atoms with Crippen LogP contribution in [0, 0.1) is 0 Å². The number of hydrazone groups is 2. The normalized spacial score (nSPS) is 11.8. The van der Waals surface area contributed by atoms with E-state index in [1.54, 1.807) is 11.8 Å². The number of thioether (sulfide) groups is 1. The Balaban J connectivity index is 1.51. The van der Waals surface area contributed by atoms with Crippen LogP contribution in [0.1, 0.15) is 50.7 Å². The van der Waals surface area contributed by atoms with Crippen molar-refractivity contribution in [2.24, 2.45) is 10.2 Å². The predicted molar refractivity (Wildman–Crippen MR) is 129 cm³/mol. The van der Waals surface area contributed by atoms with Gasteiger partial charge in [-0.25, -0.2) is 10.9 Å². The van der Waals surface area contributed by atoms with Gasteiger partial charge in [-0.2, -0.15) is 22.0 Å². The van der Waals surface area contributed by atoms with Gasteiger partial charge in [0.05, 0.1) is 11.4 Å². The molecule has 0 aliphatic heterocycles. The summed E-state index contributed by atoms with van der Waals surface area (Å²) in [5, 5.41) is 8.29. The third-order valence-corrected chi connectivity index (χ3v) is 5.62. The molecule has 2 rings (SSSR count). The highest BCUT2D eigenvalue weighted by atomic mass is 32.2. The van der Waals surface area contributed by atoms with Crippen LogP contribution in [0.3, 0.4) is 0 Å². The standard InChI is InChI=1S/C24H30N4O2S/c1-19(21-11-5-3-6-12-21)25-27-23(29)15-9-17-31-18-10-16-24(30)28-26-20(2)22-13-7-4-8-14-22/h3-8,11-14H,9-10,15-18H2,1-2H3,(H,27,29)(H,28,30)/b25-19-,26-20+. The van der Waals surface area contributed by atoms with E-state index in [1.807, 2.05) is 74.5 Å². The minimum absolute atomic E-state index is 0.0816. The summed E-state index contributed by atoms with van der Waals surface area (Å²) in [6.07, 6.45) is 2.44. The first-order valence-electron chi connectivity index (χ1n) is 10.4. The first-order valence-corrected chi connectivity index (χ1v) is 11.6. The maximum atomic E-state index is 11.9. The second-order valence-electron chi connectivity index (χ2n) is 7.02. The Morgan fingerprint density at radius 3 is 1.48 bits per heavy atom. The Morgan fingerprint density at radius 2 is 1.10 bits per heavy atom. The van der Waals surface area contributed by atoms with Crippen LogP contribution in [0.4, 0.5) is 0 Å². The molecular weight excluding hydrogens is 408 g/mol. The lowest BCUT2D eigenvalue weighted by molar-refractivity contribution is -0.121. The lowest BCUT2D eigenvalue weighted by Crippen LogP contribution is -2.19. The van der Waals surface area contributed by atoms with Crippen LogP contribution in [-0.4, -0.2) is 34.7 Å². The van der Waals surface area contributed by atoms with E-state index < -0.39 is 0 Å². The largest absolute Gasteiger partial charge is 0.273 e. The zero-order chi connectivity index (χ0) is 22.3. The molecule has 2 aromatic rings. The van der Waals surface area contributed by atoms with E-state index in [-0.39, 0.29) is 11.8 Å². The van der Waals surface area contributed by atoms with E-state index in [0.717, 1.165) is 46.9 Å². The van der Waals surface area contributed by atoms with E-state index in [0.29, 0.717) is 12.8 Å². The number of nitrogens with one attached hydrogen (secondary N) is 2. The quantitative estimate of drug-likeness (QED) is 0.293. The summed E-state index contributed by atoms with van der Waals surface area (Å²) in [6, 6.07) is 19.5. The van der Waals surface area contributed by atoms with E-state index in [1.165, 1.54) is 0 Å². The van der Waals surface area contributed by atoms with Crippen LogP contribution in [0.25, 0.3) is 0 Å². The van der Waals surface area contributed by atoms with Gasteiger partial charge in [0, 0.05) is 12.8 Å². The molecule has 0 saturated carbocycles. The van der Waals surface area contributed by atoms with Gasteiger partial charge in [-0.05, 0) is 49.3 Å². The van der Waals surface area contributed by atoms with Gasteiger partial charge in [-0.1, -0.05) is 60.7 Å². The van der Waals surface area contributed by atoms with Crippen molar-refractivity contribution in [3.05, 3.63) is 71.8 Å². The van der Waals surface area contributed by atoms with Gasteiger partial charge in [-0.15, -0.1) is 0 Å². The van der Waals surface area contributed by atoms with Crippen molar-refractivity contribution in [1.29, 1.82) is 0 Å². The van der Waals surface area contributed by atoms with Crippen LogP contribution < -0.4 is 10.9 Å². The van der Waals surface area contributed by atoms with Crippen LogP contribution in [0.2, 0.25) is 0 Å². The molecule has 0 aliphatic carbocycles. The minimum atomic E-state index is -0.0816. The van der Waals surface area contributed by atoms with E-state index in [9.17, 15) is 9.59 Å². The highest BCUT2D eigenvalue weighted by Gasteiger charge is 2.03. The average Bonchev–Trinajstić information content (AvgIpc) is 2.81. The number of carbonyl (C=O) groups excluding carboxylic acids is 2. The van der Waals surface area contributed by atoms with Crippen LogP contribution in [-0.2, 0) is 9.59 Å². The Morgan fingerprint density at radius 1 is 0.710 bits per heavy atom. The number of carbonyl (C=O) groups is 2. The fraction of sp³-hybridized carbons (Fsp3) is 0.333. The number of hydrogen-bond donors (Lipinski definition) is 2. The summed E-state index contributed by atoms with van der Waals surface area (Å²) >= 11 is 1.75. The molecule has 0 spiro atoms. The Labute approximate surface area is 188 Å². The maximum absolute atomic E-state index is 11.9. The average molecular weight is 439 g/mol. The zero-order valence-electron chi connectivity index (χ0n) is 18.1. The molecule has 0 unspecified atom stereocenters. The number of amides is 2. The fourth-order valence-corrected chi connectivity index (χ4v) is 3.56. The van der Waals surface area contributed by atoms with Crippen molar-refractivity contribution >= 4 is 35.0 Å². The van der Waals surface area contributed by atoms with Gasteiger partial charge in [0.15, 0.2) is 0 Å². The Hall–Kier alpha value is -2.93. The molecule has 0 saturated heterocycles. The van der Waals surface area contributed by atoms with Gasteiger partial charge >= 0.3 is 0 Å². The van der Waals surface area contributed by atoms with Crippen molar-refractivity contribution in [3.63, 3.8) is 0 Å². The molecule has 164 valence electrons. The van der Waals surface area contributed by atoms with Crippen molar-refractivity contribution in [1.82, 2.24) is 10.9 Å². The summed E-state index contributed by atoms with van der Waals surface area (Å²) in [5.74, 6) is 1.59. The topological polar surface area (TPSA) is 82.9 Å².